The van der Waals surface area contributed by atoms with Gasteiger partial charge in [-0.2, -0.15) is 0 Å². The molecule has 148 valence electrons. The third-order valence-corrected chi connectivity index (χ3v) is 5.40. The van der Waals surface area contributed by atoms with Gasteiger partial charge in [0.15, 0.2) is 0 Å². The monoisotopic (exact) mass is 386 g/mol. The minimum atomic E-state index is -0.194. The zero-order valence-corrected chi connectivity index (χ0v) is 16.6. The van der Waals surface area contributed by atoms with E-state index in [1.807, 2.05) is 73.8 Å². The van der Waals surface area contributed by atoms with Crippen molar-refractivity contribution in [3.63, 3.8) is 0 Å². The summed E-state index contributed by atoms with van der Waals surface area (Å²) in [5, 5.41) is 3.19. The number of urea groups is 1. The number of hydrogen-bond donors (Lipinski definition) is 1. The molecule has 1 aliphatic rings. The average Bonchev–Trinajstić information content (AvgIpc) is 2.78. The highest BCUT2D eigenvalue weighted by molar-refractivity contribution is 5.75. The Labute approximate surface area is 172 Å². The van der Waals surface area contributed by atoms with Crippen LogP contribution in [0.5, 0.6) is 0 Å². The van der Waals surface area contributed by atoms with Crippen LogP contribution in [0.25, 0.3) is 0 Å². The van der Waals surface area contributed by atoms with Crippen LogP contribution in [-0.2, 0) is 17.8 Å². The molecule has 0 aromatic heterocycles. The molecule has 0 saturated carbocycles. The van der Waals surface area contributed by atoms with Crippen LogP contribution in [0.1, 0.15) is 28.3 Å². The number of fused-ring (bicyclic) bond motifs is 1. The highest BCUT2D eigenvalue weighted by atomic mass is 16.5. The van der Waals surface area contributed by atoms with E-state index in [1.54, 1.807) is 4.90 Å². The first-order valence-electron chi connectivity index (χ1n) is 10.0. The van der Waals surface area contributed by atoms with Crippen LogP contribution in [0.4, 0.5) is 4.79 Å². The number of likely N-dealkylation sites (N-methyl/N-ethyl adjacent to an activating group) is 1. The number of rotatable bonds is 5. The average molecular weight is 386 g/mol. The molecule has 4 nitrogen and oxygen atoms in total. The van der Waals surface area contributed by atoms with E-state index >= 15 is 0 Å². The molecule has 0 spiro atoms. The fourth-order valence-corrected chi connectivity index (χ4v) is 3.80. The fourth-order valence-electron chi connectivity index (χ4n) is 3.80. The number of hydrogen-bond acceptors (Lipinski definition) is 2. The van der Waals surface area contributed by atoms with Crippen molar-refractivity contribution in [2.45, 2.75) is 25.2 Å². The second-order valence-electron chi connectivity index (χ2n) is 7.49. The van der Waals surface area contributed by atoms with Crippen molar-refractivity contribution < 1.29 is 9.53 Å². The fraction of sp³-hybridized carbons (Fsp3) is 0.240. The molecule has 0 fully saturated rings. The molecule has 4 rings (SSSR count). The summed E-state index contributed by atoms with van der Waals surface area (Å²) >= 11 is 0. The smallest absolute Gasteiger partial charge is 0.317 e. The van der Waals surface area contributed by atoms with Crippen molar-refractivity contribution >= 4 is 6.03 Å². The number of ether oxygens (including phenoxy) is 1. The van der Waals surface area contributed by atoms with Crippen LogP contribution < -0.4 is 5.32 Å². The zero-order chi connectivity index (χ0) is 20.1. The van der Waals surface area contributed by atoms with Gasteiger partial charge in [-0.3, -0.25) is 0 Å². The maximum Gasteiger partial charge on any atom is 0.317 e. The van der Waals surface area contributed by atoms with Gasteiger partial charge in [0.1, 0.15) is 0 Å². The number of carbonyl (C=O) groups excluding carboxylic acids is 1. The van der Waals surface area contributed by atoms with Crippen molar-refractivity contribution in [3.8, 4) is 0 Å². The van der Waals surface area contributed by atoms with Gasteiger partial charge < -0.3 is 15.0 Å². The second kappa shape index (κ2) is 8.93. The molecular weight excluding hydrogens is 360 g/mol. The summed E-state index contributed by atoms with van der Waals surface area (Å²) in [4.78, 5) is 14.7. The highest BCUT2D eigenvalue weighted by Crippen LogP contribution is 2.23. The molecule has 3 aromatic rings. The van der Waals surface area contributed by atoms with E-state index in [2.05, 4.69) is 23.5 Å². The van der Waals surface area contributed by atoms with Gasteiger partial charge >= 0.3 is 6.03 Å². The molecule has 2 amide bonds. The SMILES string of the molecule is CN(CC1Cc2ccccc2CO1)C(=O)NC(c1ccccc1)c1ccccc1. The third-order valence-electron chi connectivity index (χ3n) is 5.40. The first kappa shape index (κ1) is 19.2. The normalized spacial score (nSPS) is 15.6. The first-order chi connectivity index (χ1) is 14.2. The van der Waals surface area contributed by atoms with Gasteiger partial charge in [0.05, 0.1) is 18.8 Å². The van der Waals surface area contributed by atoms with Crippen LogP contribution in [-0.4, -0.2) is 30.6 Å². The van der Waals surface area contributed by atoms with Crippen molar-refractivity contribution in [1.29, 1.82) is 0 Å². The Morgan fingerprint density at radius 1 is 0.931 bits per heavy atom. The molecule has 0 aliphatic carbocycles. The number of amides is 2. The summed E-state index contributed by atoms with van der Waals surface area (Å²) in [6.07, 6.45) is 0.835. The van der Waals surface area contributed by atoms with Crippen molar-refractivity contribution in [1.82, 2.24) is 10.2 Å². The molecule has 4 heteroatoms. The molecule has 0 radical (unpaired) electrons. The van der Waals surface area contributed by atoms with Crippen molar-refractivity contribution in [2.24, 2.45) is 0 Å². The van der Waals surface area contributed by atoms with Crippen LogP contribution in [0.3, 0.4) is 0 Å². The predicted molar refractivity (Wildman–Crippen MR) is 115 cm³/mol. The number of carbonyl (C=O) groups is 1. The first-order valence-corrected chi connectivity index (χ1v) is 10.0. The summed E-state index contributed by atoms with van der Waals surface area (Å²) in [7, 11) is 1.83. The molecule has 29 heavy (non-hydrogen) atoms. The van der Waals surface area contributed by atoms with Crippen LogP contribution >= 0.6 is 0 Å². The predicted octanol–water partition coefficient (Wildman–Crippen LogP) is 4.56. The topological polar surface area (TPSA) is 41.6 Å². The lowest BCUT2D eigenvalue weighted by atomic mass is 9.98. The standard InChI is InChI=1S/C25H26N2O2/c1-27(17-23-16-21-14-8-9-15-22(21)18-29-23)25(28)26-24(19-10-4-2-5-11-19)20-12-6-3-7-13-20/h2-15,23-24H,16-18H2,1H3,(H,26,28). The molecule has 0 bridgehead atoms. The van der Waals surface area contributed by atoms with E-state index in [-0.39, 0.29) is 18.2 Å². The Hall–Kier alpha value is -3.11. The van der Waals surface area contributed by atoms with Gasteiger partial charge in [-0.05, 0) is 22.3 Å². The Bertz CT molecular complexity index is 904. The molecule has 1 atom stereocenters. The van der Waals surface area contributed by atoms with Crippen LogP contribution in [0.15, 0.2) is 84.9 Å². The summed E-state index contributed by atoms with van der Waals surface area (Å²) in [5.74, 6) is 0. The summed E-state index contributed by atoms with van der Waals surface area (Å²) in [6.45, 7) is 1.16. The maximum absolute atomic E-state index is 13.0. The van der Waals surface area contributed by atoms with Gasteiger partial charge in [0, 0.05) is 20.0 Å². The van der Waals surface area contributed by atoms with E-state index < -0.39 is 0 Å². The van der Waals surface area contributed by atoms with E-state index in [9.17, 15) is 4.79 Å². The third kappa shape index (κ3) is 4.66. The zero-order valence-electron chi connectivity index (χ0n) is 16.6. The van der Waals surface area contributed by atoms with Gasteiger partial charge in [0.2, 0.25) is 0 Å². The Morgan fingerprint density at radius 2 is 1.48 bits per heavy atom. The number of benzene rings is 3. The highest BCUT2D eigenvalue weighted by Gasteiger charge is 2.24. The quantitative estimate of drug-likeness (QED) is 0.698. The molecule has 1 unspecified atom stereocenters. The summed E-state index contributed by atoms with van der Waals surface area (Å²) in [5.41, 5.74) is 4.67. The van der Waals surface area contributed by atoms with E-state index in [0.717, 1.165) is 17.5 Å². The Balaban J connectivity index is 1.44. The lowest BCUT2D eigenvalue weighted by Gasteiger charge is -2.30. The number of nitrogens with one attached hydrogen (secondary N) is 1. The molecule has 1 aliphatic heterocycles. The summed E-state index contributed by atoms with van der Waals surface area (Å²) in [6, 6.07) is 28.2. The molecule has 1 N–H and O–H groups in total. The molecule has 1 heterocycles. The minimum Gasteiger partial charge on any atom is -0.371 e. The minimum absolute atomic E-state index is 0.00699. The van der Waals surface area contributed by atoms with E-state index in [1.165, 1.54) is 11.1 Å². The Morgan fingerprint density at radius 3 is 2.10 bits per heavy atom. The second-order valence-corrected chi connectivity index (χ2v) is 7.49. The largest absolute Gasteiger partial charge is 0.371 e. The van der Waals surface area contributed by atoms with Crippen molar-refractivity contribution in [2.75, 3.05) is 13.6 Å². The molecule has 0 saturated heterocycles. The van der Waals surface area contributed by atoms with E-state index in [0.29, 0.717) is 13.2 Å². The Kier molecular flexibility index (Phi) is 5.92. The molecule has 3 aromatic carbocycles. The van der Waals surface area contributed by atoms with Gasteiger partial charge in [-0.25, -0.2) is 4.79 Å². The number of nitrogens with zero attached hydrogens (tertiary/aromatic N) is 1. The maximum atomic E-state index is 13.0. The van der Waals surface area contributed by atoms with Crippen LogP contribution in [0.2, 0.25) is 0 Å². The molecular formula is C25H26N2O2. The lowest BCUT2D eigenvalue weighted by molar-refractivity contribution is 0.0149. The van der Waals surface area contributed by atoms with Crippen LogP contribution in [0, 0.1) is 0 Å². The van der Waals surface area contributed by atoms with E-state index in [4.69, 9.17) is 4.74 Å². The van der Waals surface area contributed by atoms with Crippen molar-refractivity contribution in [3.05, 3.63) is 107 Å². The van der Waals surface area contributed by atoms with Gasteiger partial charge in [-0.15, -0.1) is 0 Å². The summed E-state index contributed by atoms with van der Waals surface area (Å²) < 4.78 is 5.98. The van der Waals surface area contributed by atoms with Gasteiger partial charge in [-0.1, -0.05) is 84.9 Å². The lowest BCUT2D eigenvalue weighted by Crippen LogP contribution is -2.44. The van der Waals surface area contributed by atoms with Gasteiger partial charge in [0.25, 0.3) is 0 Å².